The fraction of sp³-hybridized carbons (Fsp3) is 0.636. The molecule has 2 aromatic rings. The molecule has 1 amide bonds. The molecule has 1 unspecified atom stereocenters. The molecule has 4 rings (SSSR count). The molecule has 2 atom stereocenters. The van der Waals surface area contributed by atoms with E-state index in [4.69, 9.17) is 5.10 Å². The largest absolute Gasteiger partial charge is 0.619 e. The number of aliphatic hydroxyl groups is 1. The Kier molecular flexibility index (Phi) is 5.53. The average molecular weight is 414 g/mol. The van der Waals surface area contributed by atoms with Crippen LogP contribution in [0.15, 0.2) is 18.6 Å². The Balaban J connectivity index is 1.83. The molecule has 0 radical (unpaired) electrons. The van der Waals surface area contributed by atoms with Gasteiger partial charge in [0.25, 0.3) is 5.91 Å². The fourth-order valence-corrected chi connectivity index (χ4v) is 5.14. The predicted octanol–water partition coefficient (Wildman–Crippen LogP) is 2.57. The molecule has 2 aliphatic carbocycles. The minimum atomic E-state index is -0.563. The smallest absolute Gasteiger partial charge is 0.272 e. The first-order chi connectivity index (χ1) is 14.3. The van der Waals surface area contributed by atoms with E-state index in [9.17, 15) is 15.1 Å². The van der Waals surface area contributed by atoms with E-state index in [-0.39, 0.29) is 24.3 Å². The van der Waals surface area contributed by atoms with Crippen LogP contribution in [0.1, 0.15) is 92.9 Å². The van der Waals surface area contributed by atoms with Gasteiger partial charge in [-0.2, -0.15) is 9.83 Å². The van der Waals surface area contributed by atoms with Crippen LogP contribution < -0.4 is 10.0 Å². The molecule has 0 spiro atoms. The number of aliphatic hydroxyl groups excluding tert-OH is 1. The van der Waals surface area contributed by atoms with E-state index >= 15 is 0 Å². The van der Waals surface area contributed by atoms with E-state index < -0.39 is 5.54 Å². The summed E-state index contributed by atoms with van der Waals surface area (Å²) >= 11 is 0. The Hall–Kier alpha value is -2.48. The summed E-state index contributed by atoms with van der Waals surface area (Å²) in [6.07, 6.45) is 9.70. The van der Waals surface area contributed by atoms with Crippen molar-refractivity contribution in [1.82, 2.24) is 20.1 Å². The monoisotopic (exact) mass is 413 g/mol. The highest BCUT2D eigenvalue weighted by Crippen LogP contribution is 2.44. The summed E-state index contributed by atoms with van der Waals surface area (Å²) < 4.78 is 2.39. The number of carbonyl (C=O) groups is 1. The third-order valence-electron chi connectivity index (χ3n) is 6.86. The van der Waals surface area contributed by atoms with Crippen LogP contribution in [0.4, 0.5) is 0 Å². The second-order valence-corrected chi connectivity index (χ2v) is 9.26. The van der Waals surface area contributed by atoms with Crippen molar-refractivity contribution in [2.24, 2.45) is 5.92 Å². The molecule has 0 aliphatic heterocycles. The van der Waals surface area contributed by atoms with E-state index in [1.54, 1.807) is 4.68 Å². The van der Waals surface area contributed by atoms with Gasteiger partial charge in [0.2, 0.25) is 12.0 Å². The zero-order chi connectivity index (χ0) is 21.5. The van der Waals surface area contributed by atoms with Gasteiger partial charge in [-0.1, -0.05) is 33.6 Å². The summed E-state index contributed by atoms with van der Waals surface area (Å²) in [7, 11) is 0. The van der Waals surface area contributed by atoms with Gasteiger partial charge < -0.3 is 15.6 Å². The zero-order valence-corrected chi connectivity index (χ0v) is 18.0. The minimum absolute atomic E-state index is 0.0672. The third kappa shape index (κ3) is 3.57. The number of nitrogens with zero attached hydrogens (tertiary/aromatic N) is 4. The van der Waals surface area contributed by atoms with Gasteiger partial charge in [-0.25, -0.2) is 9.67 Å². The number of hydrogen-bond donors (Lipinski definition) is 2. The Morgan fingerprint density at radius 3 is 2.77 bits per heavy atom. The molecular weight excluding hydrogens is 382 g/mol. The SMILES string of the molecule is CC(C)C1CC[C@@H](C)c2c(C(=O)NC3(CO)CCCC3)nn(-c3c[n+]([O-])ccn3)c21. The van der Waals surface area contributed by atoms with Crippen molar-refractivity contribution < 1.29 is 14.6 Å². The van der Waals surface area contributed by atoms with Crippen LogP contribution in [0.5, 0.6) is 0 Å². The van der Waals surface area contributed by atoms with Gasteiger partial charge in [0.15, 0.2) is 11.9 Å². The summed E-state index contributed by atoms with van der Waals surface area (Å²) in [5, 5.41) is 29.6. The molecule has 2 heterocycles. The number of fused-ring (bicyclic) bond motifs is 1. The third-order valence-corrected chi connectivity index (χ3v) is 6.86. The lowest BCUT2D eigenvalue weighted by Gasteiger charge is -2.31. The van der Waals surface area contributed by atoms with Crippen LogP contribution in [-0.4, -0.2) is 37.9 Å². The summed E-state index contributed by atoms with van der Waals surface area (Å²) in [6.45, 7) is 6.41. The highest BCUT2D eigenvalue weighted by molar-refractivity contribution is 5.95. The highest BCUT2D eigenvalue weighted by atomic mass is 16.5. The van der Waals surface area contributed by atoms with Gasteiger partial charge in [0.1, 0.15) is 0 Å². The lowest BCUT2D eigenvalue weighted by molar-refractivity contribution is -0.605. The zero-order valence-electron chi connectivity index (χ0n) is 18.0. The molecule has 1 saturated carbocycles. The minimum Gasteiger partial charge on any atom is -0.619 e. The summed E-state index contributed by atoms with van der Waals surface area (Å²) in [4.78, 5) is 17.7. The van der Waals surface area contributed by atoms with E-state index in [0.29, 0.717) is 22.2 Å². The molecule has 162 valence electrons. The van der Waals surface area contributed by atoms with E-state index in [2.05, 4.69) is 31.1 Å². The number of aromatic nitrogens is 4. The summed E-state index contributed by atoms with van der Waals surface area (Å²) in [5.41, 5.74) is 1.76. The van der Waals surface area contributed by atoms with Crippen molar-refractivity contribution in [2.75, 3.05) is 6.61 Å². The van der Waals surface area contributed by atoms with Gasteiger partial charge in [-0.15, -0.1) is 0 Å². The topological polar surface area (TPSA) is 107 Å². The molecule has 0 bridgehead atoms. The number of carbonyl (C=O) groups excluding carboxylic acids is 1. The predicted molar refractivity (Wildman–Crippen MR) is 111 cm³/mol. The number of hydrogen-bond acceptors (Lipinski definition) is 5. The molecule has 30 heavy (non-hydrogen) atoms. The van der Waals surface area contributed by atoms with Gasteiger partial charge >= 0.3 is 0 Å². The maximum atomic E-state index is 13.4. The van der Waals surface area contributed by atoms with Crippen LogP contribution in [0.2, 0.25) is 0 Å². The van der Waals surface area contributed by atoms with E-state index in [1.165, 1.54) is 18.6 Å². The second-order valence-electron chi connectivity index (χ2n) is 9.26. The van der Waals surface area contributed by atoms with Crippen molar-refractivity contribution in [3.63, 3.8) is 0 Å². The average Bonchev–Trinajstić information content (AvgIpc) is 3.34. The standard InChI is InChI=1S/C22H31N5O3/c1-14(2)16-7-6-15(3)18-19(21(29)24-22(13-28)8-4-5-9-22)25-27(20(16)18)17-12-26(30)11-10-23-17/h10-12,14-16,28H,4-9,13H2,1-3H3,(H,24,29)/t15-,16?/m1/s1. The van der Waals surface area contributed by atoms with Gasteiger partial charge in [0, 0.05) is 11.5 Å². The lowest BCUT2D eigenvalue weighted by atomic mass is 9.75. The van der Waals surface area contributed by atoms with E-state index in [1.807, 2.05) is 0 Å². The Morgan fingerprint density at radius 1 is 1.40 bits per heavy atom. The maximum absolute atomic E-state index is 13.4. The molecule has 1 fully saturated rings. The molecule has 2 aliphatic rings. The Bertz CT molecular complexity index is 933. The molecule has 2 N–H and O–H groups in total. The van der Waals surface area contributed by atoms with Crippen LogP contribution in [0, 0.1) is 11.1 Å². The van der Waals surface area contributed by atoms with Gasteiger partial charge in [0.05, 0.1) is 24.0 Å². The lowest BCUT2D eigenvalue weighted by Crippen LogP contribution is -2.49. The summed E-state index contributed by atoms with van der Waals surface area (Å²) in [6, 6.07) is 0. The Morgan fingerprint density at radius 2 is 2.13 bits per heavy atom. The molecule has 0 aromatic carbocycles. The molecule has 2 aromatic heterocycles. The molecular formula is C22H31N5O3. The number of nitrogens with one attached hydrogen (secondary N) is 1. The second kappa shape index (κ2) is 7.98. The van der Waals surface area contributed by atoms with Crippen LogP contribution in [0.25, 0.3) is 5.82 Å². The maximum Gasteiger partial charge on any atom is 0.272 e. The fourth-order valence-electron chi connectivity index (χ4n) is 5.14. The van der Waals surface area contributed by atoms with Gasteiger partial charge in [-0.05, 0) is 37.5 Å². The van der Waals surface area contributed by atoms with Crippen LogP contribution >= 0.6 is 0 Å². The van der Waals surface area contributed by atoms with Crippen molar-refractivity contribution in [3.8, 4) is 5.82 Å². The number of amides is 1. The summed E-state index contributed by atoms with van der Waals surface area (Å²) in [5.74, 6) is 0.944. The van der Waals surface area contributed by atoms with Crippen molar-refractivity contribution >= 4 is 5.91 Å². The first-order valence-electron chi connectivity index (χ1n) is 11.0. The van der Waals surface area contributed by atoms with Crippen LogP contribution in [-0.2, 0) is 0 Å². The van der Waals surface area contributed by atoms with Crippen LogP contribution in [0.3, 0.4) is 0 Å². The molecule has 8 nitrogen and oxygen atoms in total. The quantitative estimate of drug-likeness (QED) is 0.579. The number of rotatable bonds is 5. The van der Waals surface area contributed by atoms with Crippen molar-refractivity contribution in [2.45, 2.75) is 76.7 Å². The first-order valence-corrected chi connectivity index (χ1v) is 11.0. The first kappa shape index (κ1) is 20.8. The van der Waals surface area contributed by atoms with Gasteiger partial charge in [-0.3, -0.25) is 4.79 Å². The molecule has 0 saturated heterocycles. The van der Waals surface area contributed by atoms with E-state index in [0.717, 1.165) is 49.8 Å². The Labute approximate surface area is 176 Å². The highest BCUT2D eigenvalue weighted by Gasteiger charge is 2.40. The normalized spacial score (nSPS) is 22.8. The van der Waals surface area contributed by atoms with Crippen molar-refractivity contribution in [1.29, 1.82) is 0 Å². The molecule has 8 heteroatoms. The van der Waals surface area contributed by atoms with Crippen molar-refractivity contribution in [3.05, 3.63) is 40.7 Å².